The molecular formula is C5H5BrO2S2. The fraction of sp³-hybridized carbons (Fsp3) is 0.200. The zero-order chi connectivity index (χ0) is 7.78. The van der Waals surface area contributed by atoms with E-state index >= 15 is 0 Å². The van der Waals surface area contributed by atoms with Gasteiger partial charge in [0.2, 0.25) is 0 Å². The molecule has 10 heavy (non-hydrogen) atoms. The molecule has 5 heteroatoms. The lowest BCUT2D eigenvalue weighted by molar-refractivity contribution is 0.604. The van der Waals surface area contributed by atoms with Gasteiger partial charge in [0.25, 0.3) is 0 Å². The molecule has 0 aliphatic rings. The number of thiophene rings is 1. The monoisotopic (exact) mass is 240 g/mol. The van der Waals surface area contributed by atoms with Crippen LogP contribution in [0.25, 0.3) is 0 Å². The summed E-state index contributed by atoms with van der Waals surface area (Å²) in [7, 11) is -2.99. The summed E-state index contributed by atoms with van der Waals surface area (Å²) in [6.07, 6.45) is 1.20. The lowest BCUT2D eigenvalue weighted by Gasteiger charge is -1.86. The number of halogens is 1. The topological polar surface area (TPSA) is 34.1 Å². The molecule has 0 aliphatic carbocycles. The first-order chi connectivity index (χ1) is 4.50. The lowest BCUT2D eigenvalue weighted by Crippen LogP contribution is -1.91. The molecule has 2 nitrogen and oxygen atoms in total. The van der Waals surface area contributed by atoms with Gasteiger partial charge in [0.05, 0.1) is 0 Å². The average Bonchev–Trinajstić information content (AvgIpc) is 2.11. The first-order valence-corrected chi connectivity index (χ1v) is 6.00. The summed E-state index contributed by atoms with van der Waals surface area (Å²) in [4.78, 5) is 0. The fourth-order valence-corrected chi connectivity index (χ4v) is 2.98. The van der Waals surface area contributed by atoms with Crippen LogP contribution < -0.4 is 0 Å². The molecule has 0 saturated carbocycles. The molecule has 0 aromatic carbocycles. The molecule has 1 aromatic rings. The van der Waals surface area contributed by atoms with Gasteiger partial charge in [-0.3, -0.25) is 0 Å². The molecule has 0 spiro atoms. The quantitative estimate of drug-likeness (QED) is 0.752. The van der Waals surface area contributed by atoms with Gasteiger partial charge in [-0.25, -0.2) is 8.42 Å². The van der Waals surface area contributed by atoms with Crippen LogP contribution in [-0.2, 0) is 9.84 Å². The van der Waals surface area contributed by atoms with Crippen LogP contribution in [0.2, 0.25) is 0 Å². The van der Waals surface area contributed by atoms with Crippen molar-refractivity contribution >= 4 is 37.1 Å². The maximum Gasteiger partial charge on any atom is 0.184 e. The van der Waals surface area contributed by atoms with Crippen molar-refractivity contribution in [2.24, 2.45) is 0 Å². The molecule has 0 radical (unpaired) electrons. The summed E-state index contributed by atoms with van der Waals surface area (Å²) in [6.45, 7) is 0. The molecule has 0 fully saturated rings. The Hall–Kier alpha value is 0.130. The van der Waals surface area contributed by atoms with Crippen LogP contribution in [0.15, 0.2) is 20.1 Å². The van der Waals surface area contributed by atoms with Crippen molar-refractivity contribution in [3.63, 3.8) is 0 Å². The molecule has 1 rings (SSSR count). The van der Waals surface area contributed by atoms with Gasteiger partial charge in [-0.05, 0) is 22.0 Å². The Labute approximate surface area is 71.9 Å². The first kappa shape index (κ1) is 8.23. The zero-order valence-corrected chi connectivity index (χ0v) is 8.38. The lowest BCUT2D eigenvalue weighted by atomic mass is 10.7. The second kappa shape index (κ2) is 2.64. The smallest absolute Gasteiger partial charge is 0.184 e. The number of rotatable bonds is 1. The highest BCUT2D eigenvalue weighted by molar-refractivity contribution is 9.10. The van der Waals surface area contributed by atoms with E-state index in [1.165, 1.54) is 17.6 Å². The summed E-state index contributed by atoms with van der Waals surface area (Å²) in [6, 6.07) is 1.60. The molecule has 0 bridgehead atoms. The third-order valence-corrected chi connectivity index (χ3v) is 4.44. The van der Waals surface area contributed by atoms with Gasteiger partial charge in [-0.1, -0.05) is 0 Å². The van der Waals surface area contributed by atoms with Crippen LogP contribution in [0.5, 0.6) is 0 Å². The van der Waals surface area contributed by atoms with Gasteiger partial charge >= 0.3 is 0 Å². The maximum absolute atomic E-state index is 10.8. The molecule has 0 atom stereocenters. The Morgan fingerprint density at radius 3 is 2.40 bits per heavy atom. The normalized spacial score (nSPS) is 11.8. The fourth-order valence-electron chi connectivity index (χ4n) is 0.489. The van der Waals surface area contributed by atoms with E-state index in [0.717, 1.165) is 4.47 Å². The summed E-state index contributed by atoms with van der Waals surface area (Å²) in [5.41, 5.74) is 0. The van der Waals surface area contributed by atoms with Crippen molar-refractivity contribution in [3.8, 4) is 0 Å². The van der Waals surface area contributed by atoms with Crippen molar-refractivity contribution in [1.29, 1.82) is 0 Å². The summed E-state index contributed by atoms with van der Waals surface area (Å²) in [5.74, 6) is 0. The van der Waals surface area contributed by atoms with Gasteiger partial charge in [-0.15, -0.1) is 11.3 Å². The van der Waals surface area contributed by atoms with Gasteiger partial charge in [0.1, 0.15) is 4.21 Å². The minimum Gasteiger partial charge on any atom is -0.223 e. The maximum atomic E-state index is 10.8. The summed E-state index contributed by atoms with van der Waals surface area (Å²) < 4.78 is 22.9. The SMILES string of the molecule is CS(=O)(=O)c1cc(Br)cs1. The first-order valence-electron chi connectivity index (χ1n) is 2.44. The minimum atomic E-state index is -2.99. The Kier molecular flexibility index (Phi) is 2.17. The van der Waals surface area contributed by atoms with E-state index in [4.69, 9.17) is 0 Å². The predicted octanol–water partition coefficient (Wildman–Crippen LogP) is 1.91. The van der Waals surface area contributed by atoms with Crippen LogP contribution in [0.1, 0.15) is 0 Å². The van der Waals surface area contributed by atoms with Gasteiger partial charge in [-0.2, -0.15) is 0 Å². The Bertz CT molecular complexity index is 325. The van der Waals surface area contributed by atoms with E-state index in [1.807, 2.05) is 0 Å². The molecule has 0 aliphatic heterocycles. The largest absolute Gasteiger partial charge is 0.223 e. The molecule has 1 heterocycles. The number of hydrogen-bond donors (Lipinski definition) is 0. The van der Waals surface area contributed by atoms with Crippen LogP contribution >= 0.6 is 27.3 Å². The minimum absolute atomic E-state index is 0.402. The molecule has 0 N–H and O–H groups in total. The van der Waals surface area contributed by atoms with E-state index in [1.54, 1.807) is 11.4 Å². The van der Waals surface area contributed by atoms with E-state index in [9.17, 15) is 8.42 Å². The Morgan fingerprint density at radius 2 is 2.20 bits per heavy atom. The Balaban J connectivity index is 3.21. The number of sulfone groups is 1. The Morgan fingerprint density at radius 1 is 1.60 bits per heavy atom. The zero-order valence-electron chi connectivity index (χ0n) is 5.17. The van der Waals surface area contributed by atoms with Gasteiger partial charge in [0, 0.05) is 16.1 Å². The van der Waals surface area contributed by atoms with Crippen molar-refractivity contribution in [3.05, 3.63) is 15.9 Å². The van der Waals surface area contributed by atoms with E-state index in [-0.39, 0.29) is 0 Å². The van der Waals surface area contributed by atoms with Crippen LogP contribution in [0.4, 0.5) is 0 Å². The van der Waals surface area contributed by atoms with Crippen molar-refractivity contribution in [2.75, 3.05) is 6.26 Å². The summed E-state index contributed by atoms with van der Waals surface area (Å²) in [5, 5.41) is 1.75. The highest BCUT2D eigenvalue weighted by Gasteiger charge is 2.08. The highest BCUT2D eigenvalue weighted by Crippen LogP contribution is 2.23. The van der Waals surface area contributed by atoms with E-state index < -0.39 is 9.84 Å². The third kappa shape index (κ3) is 1.81. The molecular weight excluding hydrogens is 236 g/mol. The van der Waals surface area contributed by atoms with Crippen molar-refractivity contribution < 1.29 is 8.42 Å². The van der Waals surface area contributed by atoms with Crippen LogP contribution in [0.3, 0.4) is 0 Å². The molecule has 56 valence electrons. The third-order valence-electron chi connectivity index (χ3n) is 0.909. The van der Waals surface area contributed by atoms with E-state index in [2.05, 4.69) is 15.9 Å². The highest BCUT2D eigenvalue weighted by atomic mass is 79.9. The van der Waals surface area contributed by atoms with E-state index in [0.29, 0.717) is 4.21 Å². The molecule has 1 aromatic heterocycles. The van der Waals surface area contributed by atoms with Crippen molar-refractivity contribution in [1.82, 2.24) is 0 Å². The second-order valence-corrected chi connectivity index (χ2v) is 5.93. The van der Waals surface area contributed by atoms with Crippen LogP contribution in [0, 0.1) is 0 Å². The molecule has 0 unspecified atom stereocenters. The average molecular weight is 241 g/mol. The molecule has 0 saturated heterocycles. The van der Waals surface area contributed by atoms with Gasteiger partial charge < -0.3 is 0 Å². The molecule has 0 amide bonds. The number of hydrogen-bond acceptors (Lipinski definition) is 3. The standard InChI is InChI=1S/C5H5BrO2S2/c1-10(7,8)5-2-4(6)3-9-5/h2-3H,1H3. The van der Waals surface area contributed by atoms with Gasteiger partial charge in [0.15, 0.2) is 9.84 Å². The van der Waals surface area contributed by atoms with Crippen LogP contribution in [-0.4, -0.2) is 14.7 Å². The summed E-state index contributed by atoms with van der Waals surface area (Å²) >= 11 is 4.39. The predicted molar refractivity (Wildman–Crippen MR) is 45.1 cm³/mol. The van der Waals surface area contributed by atoms with Crippen molar-refractivity contribution in [2.45, 2.75) is 4.21 Å². The second-order valence-electron chi connectivity index (χ2n) is 1.86.